The number of amides is 1. The van der Waals surface area contributed by atoms with Gasteiger partial charge in [0.15, 0.2) is 0 Å². The minimum Gasteiger partial charge on any atom is -0.350 e. The molecule has 1 amide bonds. The molecule has 0 aliphatic carbocycles. The lowest BCUT2D eigenvalue weighted by Crippen LogP contribution is -2.32. The van der Waals surface area contributed by atoms with Crippen molar-refractivity contribution in [2.75, 3.05) is 4.72 Å². The van der Waals surface area contributed by atoms with E-state index in [0.29, 0.717) is 12.5 Å². The summed E-state index contributed by atoms with van der Waals surface area (Å²) >= 11 is 0. The van der Waals surface area contributed by atoms with Gasteiger partial charge in [0.1, 0.15) is 0 Å². The molecular weight excluding hydrogens is 381 g/mol. The van der Waals surface area contributed by atoms with Gasteiger partial charge in [0.2, 0.25) is 0 Å². The number of hydrogen-bond donors (Lipinski definition) is 2. The van der Waals surface area contributed by atoms with Crippen molar-refractivity contribution in [1.82, 2.24) is 5.32 Å². The summed E-state index contributed by atoms with van der Waals surface area (Å²) in [5.41, 5.74) is -1.02. The van der Waals surface area contributed by atoms with Crippen LogP contribution in [0.2, 0.25) is 0 Å². The summed E-state index contributed by atoms with van der Waals surface area (Å²) in [5.74, 6) is -0.480. The number of benzene rings is 2. The van der Waals surface area contributed by atoms with Crippen LogP contribution in [0.4, 0.5) is 18.9 Å². The van der Waals surface area contributed by atoms with E-state index in [4.69, 9.17) is 0 Å². The fourth-order valence-electron chi connectivity index (χ4n) is 2.22. The predicted molar refractivity (Wildman–Crippen MR) is 95.9 cm³/mol. The second-order valence-electron chi connectivity index (χ2n) is 5.96. The van der Waals surface area contributed by atoms with E-state index >= 15 is 0 Å². The van der Waals surface area contributed by atoms with E-state index in [1.165, 1.54) is 18.2 Å². The Hall–Kier alpha value is -2.55. The number of anilines is 1. The number of halogens is 3. The van der Waals surface area contributed by atoms with Crippen LogP contribution in [0.3, 0.4) is 0 Å². The van der Waals surface area contributed by atoms with Crippen LogP contribution in [0.25, 0.3) is 0 Å². The maximum atomic E-state index is 12.8. The van der Waals surface area contributed by atoms with Gasteiger partial charge in [-0.15, -0.1) is 0 Å². The lowest BCUT2D eigenvalue weighted by Gasteiger charge is -2.16. The normalized spacial score (nSPS) is 13.1. The Morgan fingerprint density at radius 2 is 1.78 bits per heavy atom. The maximum absolute atomic E-state index is 12.8. The lowest BCUT2D eigenvalue weighted by molar-refractivity contribution is -0.137. The first-order valence-electron chi connectivity index (χ1n) is 8.14. The van der Waals surface area contributed by atoms with Crippen molar-refractivity contribution in [1.29, 1.82) is 0 Å². The SMILES string of the molecule is CCC(C)NC(=O)c1ccccc1NS(=O)(=O)c1cccc(C(F)(F)F)c1. The monoisotopic (exact) mass is 400 g/mol. The highest BCUT2D eigenvalue weighted by Crippen LogP contribution is 2.31. The van der Waals surface area contributed by atoms with E-state index in [1.54, 1.807) is 13.0 Å². The van der Waals surface area contributed by atoms with Gasteiger partial charge in [-0.1, -0.05) is 25.1 Å². The maximum Gasteiger partial charge on any atom is 0.416 e. The molecule has 0 fully saturated rings. The predicted octanol–water partition coefficient (Wildman–Crippen LogP) is 4.03. The number of sulfonamides is 1. The van der Waals surface area contributed by atoms with Crippen molar-refractivity contribution in [3.8, 4) is 0 Å². The quantitative estimate of drug-likeness (QED) is 0.769. The number of nitrogens with one attached hydrogen (secondary N) is 2. The highest BCUT2D eigenvalue weighted by atomic mass is 32.2. The molecule has 146 valence electrons. The van der Waals surface area contributed by atoms with E-state index in [-0.39, 0.29) is 17.3 Å². The molecule has 0 saturated heterocycles. The van der Waals surface area contributed by atoms with Crippen molar-refractivity contribution < 1.29 is 26.4 Å². The van der Waals surface area contributed by atoms with E-state index in [1.807, 2.05) is 6.92 Å². The van der Waals surface area contributed by atoms with Gasteiger partial charge >= 0.3 is 6.18 Å². The molecule has 2 rings (SSSR count). The molecule has 0 aromatic heterocycles. The van der Waals surface area contributed by atoms with Crippen molar-refractivity contribution in [2.45, 2.75) is 37.4 Å². The van der Waals surface area contributed by atoms with E-state index in [0.717, 1.165) is 18.2 Å². The van der Waals surface area contributed by atoms with Gasteiger partial charge < -0.3 is 5.32 Å². The molecule has 0 spiro atoms. The van der Waals surface area contributed by atoms with Gasteiger partial charge in [-0.2, -0.15) is 13.2 Å². The smallest absolute Gasteiger partial charge is 0.350 e. The molecule has 0 heterocycles. The van der Waals surface area contributed by atoms with Crippen LogP contribution in [-0.2, 0) is 16.2 Å². The first-order chi connectivity index (χ1) is 12.5. The molecule has 0 aliphatic rings. The van der Waals surface area contributed by atoms with Crippen LogP contribution in [0, 0.1) is 0 Å². The van der Waals surface area contributed by atoms with Gasteiger partial charge in [0, 0.05) is 6.04 Å². The third-order valence-electron chi connectivity index (χ3n) is 3.88. The Morgan fingerprint density at radius 3 is 2.41 bits per heavy atom. The van der Waals surface area contributed by atoms with Gasteiger partial charge in [0.05, 0.1) is 21.7 Å². The number of rotatable bonds is 6. The number of carbonyl (C=O) groups is 1. The summed E-state index contributed by atoms with van der Waals surface area (Å²) in [6.07, 6.45) is -3.98. The lowest BCUT2D eigenvalue weighted by atomic mass is 10.1. The summed E-state index contributed by atoms with van der Waals surface area (Å²) in [5, 5.41) is 2.72. The van der Waals surface area contributed by atoms with Gasteiger partial charge in [-0.3, -0.25) is 9.52 Å². The summed E-state index contributed by atoms with van der Waals surface area (Å²) in [4.78, 5) is 11.8. The standard InChI is InChI=1S/C18H19F3N2O3S/c1-3-12(2)22-17(24)15-9-4-5-10-16(15)23-27(25,26)14-8-6-7-13(11-14)18(19,20)21/h4-12,23H,3H2,1-2H3,(H,22,24). The summed E-state index contributed by atoms with van der Waals surface area (Å²) in [7, 11) is -4.32. The number of alkyl halides is 3. The molecule has 2 N–H and O–H groups in total. The molecule has 5 nitrogen and oxygen atoms in total. The average Bonchev–Trinajstić information content (AvgIpc) is 2.61. The third kappa shape index (κ3) is 5.22. The summed E-state index contributed by atoms with van der Waals surface area (Å²) in [6, 6.07) is 9.16. The Bertz CT molecular complexity index is 927. The van der Waals surface area contributed by atoms with Crippen LogP contribution >= 0.6 is 0 Å². The Morgan fingerprint density at radius 1 is 1.11 bits per heavy atom. The van der Waals surface area contributed by atoms with Crippen LogP contribution in [0.15, 0.2) is 53.4 Å². The number of para-hydroxylation sites is 1. The molecule has 1 unspecified atom stereocenters. The Labute approximate surface area is 155 Å². The first-order valence-corrected chi connectivity index (χ1v) is 9.63. The van der Waals surface area contributed by atoms with Crippen molar-refractivity contribution in [3.63, 3.8) is 0 Å². The summed E-state index contributed by atoms with van der Waals surface area (Å²) < 4.78 is 65.8. The zero-order valence-corrected chi connectivity index (χ0v) is 15.5. The average molecular weight is 400 g/mol. The van der Waals surface area contributed by atoms with Crippen LogP contribution in [0.5, 0.6) is 0 Å². The molecule has 9 heteroatoms. The third-order valence-corrected chi connectivity index (χ3v) is 5.24. The van der Waals surface area contributed by atoms with E-state index in [9.17, 15) is 26.4 Å². The highest BCUT2D eigenvalue weighted by Gasteiger charge is 2.31. The summed E-state index contributed by atoms with van der Waals surface area (Å²) in [6.45, 7) is 3.68. The van der Waals surface area contributed by atoms with Gasteiger partial charge in [-0.05, 0) is 43.7 Å². The second-order valence-corrected chi connectivity index (χ2v) is 7.64. The largest absolute Gasteiger partial charge is 0.416 e. The number of hydrogen-bond acceptors (Lipinski definition) is 3. The zero-order valence-electron chi connectivity index (χ0n) is 14.7. The van der Waals surface area contributed by atoms with E-state index in [2.05, 4.69) is 10.0 Å². The number of carbonyl (C=O) groups excluding carboxylic acids is 1. The highest BCUT2D eigenvalue weighted by molar-refractivity contribution is 7.92. The van der Waals surface area contributed by atoms with Crippen molar-refractivity contribution in [2.24, 2.45) is 0 Å². The Balaban J connectivity index is 2.35. The first kappa shape index (κ1) is 20.8. The molecule has 0 bridgehead atoms. The van der Waals surface area contributed by atoms with Crippen molar-refractivity contribution in [3.05, 3.63) is 59.7 Å². The fraction of sp³-hybridized carbons (Fsp3) is 0.278. The molecule has 0 radical (unpaired) electrons. The molecule has 27 heavy (non-hydrogen) atoms. The topological polar surface area (TPSA) is 75.3 Å². The van der Waals surface area contributed by atoms with Crippen LogP contribution < -0.4 is 10.0 Å². The Kier molecular flexibility index (Phi) is 6.15. The van der Waals surface area contributed by atoms with Crippen LogP contribution in [-0.4, -0.2) is 20.4 Å². The van der Waals surface area contributed by atoms with Crippen LogP contribution in [0.1, 0.15) is 36.2 Å². The zero-order chi connectivity index (χ0) is 20.2. The molecule has 0 aliphatic heterocycles. The van der Waals surface area contributed by atoms with Gasteiger partial charge in [0.25, 0.3) is 15.9 Å². The molecule has 2 aromatic carbocycles. The second kappa shape index (κ2) is 7.99. The van der Waals surface area contributed by atoms with Crippen molar-refractivity contribution >= 4 is 21.6 Å². The minimum atomic E-state index is -4.67. The minimum absolute atomic E-state index is 0.0179. The molecule has 1 atom stereocenters. The van der Waals surface area contributed by atoms with Gasteiger partial charge in [-0.25, -0.2) is 8.42 Å². The molecule has 0 saturated carbocycles. The van der Waals surface area contributed by atoms with E-state index < -0.39 is 32.6 Å². The fourth-order valence-corrected chi connectivity index (χ4v) is 3.34. The molecular formula is C18H19F3N2O3S. The molecule has 2 aromatic rings.